The van der Waals surface area contributed by atoms with Gasteiger partial charge in [0.1, 0.15) is 0 Å². The first-order valence-electron chi connectivity index (χ1n) is 3.87. The van der Waals surface area contributed by atoms with E-state index in [-0.39, 0.29) is 6.54 Å². The molecule has 1 rings (SSSR count). The van der Waals surface area contributed by atoms with E-state index in [1.54, 1.807) is 0 Å². The summed E-state index contributed by atoms with van der Waals surface area (Å²) < 4.78 is 38.6. The molecule has 0 saturated heterocycles. The van der Waals surface area contributed by atoms with Crippen LogP contribution in [0.5, 0.6) is 0 Å². The fourth-order valence-electron chi connectivity index (χ4n) is 0.811. The van der Waals surface area contributed by atoms with Crippen LogP contribution in [0, 0.1) is 5.82 Å². The van der Waals surface area contributed by atoms with Crippen molar-refractivity contribution in [3.63, 3.8) is 0 Å². The lowest BCUT2D eigenvalue weighted by Crippen LogP contribution is -2.26. The van der Waals surface area contributed by atoms with Crippen molar-refractivity contribution in [1.29, 1.82) is 0 Å². The van der Waals surface area contributed by atoms with Crippen LogP contribution in [-0.2, 0) is 10.0 Å². The molecule has 0 fully saturated rings. The molecule has 0 unspecified atom stereocenters. The predicted octanol–water partition coefficient (Wildman–Crippen LogP) is 1.41. The first-order chi connectivity index (χ1) is 6.93. The Bertz CT molecular complexity index is 475. The van der Waals surface area contributed by atoms with Crippen molar-refractivity contribution in [2.75, 3.05) is 6.54 Å². The Morgan fingerprint density at radius 3 is 2.87 bits per heavy atom. The van der Waals surface area contributed by atoms with Crippen molar-refractivity contribution in [1.82, 2.24) is 9.71 Å². The summed E-state index contributed by atoms with van der Waals surface area (Å²) in [4.78, 5) is 3.46. The minimum Gasteiger partial charge on any atom is -0.241 e. The number of hydrogen-bond acceptors (Lipinski definition) is 3. The summed E-state index contributed by atoms with van der Waals surface area (Å²) >= 11 is 2.98. The zero-order valence-electron chi connectivity index (χ0n) is 7.57. The minimum atomic E-state index is -3.91. The van der Waals surface area contributed by atoms with Crippen molar-refractivity contribution < 1.29 is 12.8 Å². The van der Waals surface area contributed by atoms with E-state index in [9.17, 15) is 12.8 Å². The molecule has 82 valence electrons. The molecule has 1 N–H and O–H groups in total. The van der Waals surface area contributed by atoms with Crippen LogP contribution in [0.4, 0.5) is 4.39 Å². The van der Waals surface area contributed by atoms with Crippen LogP contribution in [0.3, 0.4) is 0 Å². The number of rotatable bonds is 4. The van der Waals surface area contributed by atoms with Gasteiger partial charge in [0.2, 0.25) is 5.03 Å². The fraction of sp³-hybridized carbons (Fsp3) is 0.125. The highest BCUT2D eigenvalue weighted by molar-refractivity contribution is 9.11. The van der Waals surface area contributed by atoms with Crippen LogP contribution < -0.4 is 4.72 Å². The summed E-state index contributed by atoms with van der Waals surface area (Å²) in [6, 6.07) is 2.35. The molecule has 0 saturated carbocycles. The summed E-state index contributed by atoms with van der Waals surface area (Å²) in [5.41, 5.74) is 0. The number of pyridine rings is 1. The Morgan fingerprint density at radius 1 is 1.67 bits per heavy atom. The summed E-state index contributed by atoms with van der Waals surface area (Å²) in [6.07, 6.45) is 1.21. The first kappa shape index (κ1) is 12.3. The van der Waals surface area contributed by atoms with Gasteiger partial charge in [-0.3, -0.25) is 0 Å². The zero-order chi connectivity index (χ0) is 11.5. The average molecular weight is 295 g/mol. The molecule has 7 heteroatoms. The molecule has 0 atom stereocenters. The van der Waals surface area contributed by atoms with Crippen LogP contribution in [0.25, 0.3) is 0 Å². The van der Waals surface area contributed by atoms with Gasteiger partial charge in [0.25, 0.3) is 10.0 Å². The Morgan fingerprint density at radius 2 is 2.33 bits per heavy atom. The van der Waals surface area contributed by atoms with Crippen LogP contribution in [-0.4, -0.2) is 19.9 Å². The lowest BCUT2D eigenvalue weighted by Gasteiger charge is -2.05. The number of aromatic nitrogens is 1. The predicted molar refractivity (Wildman–Crippen MR) is 57.5 cm³/mol. The second kappa shape index (κ2) is 4.82. The van der Waals surface area contributed by atoms with Gasteiger partial charge in [-0.05, 0) is 12.1 Å². The standard InChI is InChI=1S/C8H8BrFN2O2S/c1-6(9)5-12-15(13,14)8-7(10)3-2-4-11-8/h2-4,12H,1,5H2. The van der Waals surface area contributed by atoms with Gasteiger partial charge in [0.05, 0.1) is 0 Å². The molecule has 4 nitrogen and oxygen atoms in total. The second-order valence-electron chi connectivity index (χ2n) is 2.63. The fourth-order valence-corrected chi connectivity index (χ4v) is 2.16. The van der Waals surface area contributed by atoms with Crippen LogP contribution in [0.1, 0.15) is 0 Å². The quantitative estimate of drug-likeness (QED) is 0.913. The number of sulfonamides is 1. The highest BCUT2D eigenvalue weighted by Crippen LogP contribution is 2.10. The maximum Gasteiger partial charge on any atom is 0.261 e. The van der Waals surface area contributed by atoms with Crippen LogP contribution in [0.15, 0.2) is 34.4 Å². The molecule has 0 spiro atoms. The zero-order valence-corrected chi connectivity index (χ0v) is 9.98. The van der Waals surface area contributed by atoms with Crippen molar-refractivity contribution in [2.45, 2.75) is 5.03 Å². The number of nitrogens with zero attached hydrogens (tertiary/aromatic N) is 1. The van der Waals surface area contributed by atoms with E-state index < -0.39 is 20.9 Å². The third-order valence-corrected chi connectivity index (χ3v) is 3.05. The van der Waals surface area contributed by atoms with Gasteiger partial charge >= 0.3 is 0 Å². The minimum absolute atomic E-state index is 0.0155. The highest BCUT2D eigenvalue weighted by Gasteiger charge is 2.19. The molecule has 0 aromatic carbocycles. The molecule has 0 bridgehead atoms. The van der Waals surface area contributed by atoms with Gasteiger partial charge in [-0.15, -0.1) is 0 Å². The summed E-state index contributed by atoms with van der Waals surface area (Å²) in [6.45, 7) is 3.43. The summed E-state index contributed by atoms with van der Waals surface area (Å²) in [7, 11) is -3.91. The van der Waals surface area contributed by atoms with Crippen molar-refractivity contribution in [3.8, 4) is 0 Å². The van der Waals surface area contributed by atoms with Crippen molar-refractivity contribution >= 4 is 26.0 Å². The Labute approximate surface area is 95.4 Å². The number of hydrogen-bond donors (Lipinski definition) is 1. The molecule has 1 aromatic heterocycles. The van der Waals surface area contributed by atoms with Crippen molar-refractivity contribution in [3.05, 3.63) is 35.2 Å². The Balaban J connectivity index is 2.97. The van der Waals surface area contributed by atoms with E-state index >= 15 is 0 Å². The third-order valence-electron chi connectivity index (χ3n) is 1.43. The number of nitrogens with one attached hydrogen (secondary N) is 1. The van der Waals surface area contributed by atoms with E-state index in [2.05, 4.69) is 32.2 Å². The third kappa shape index (κ3) is 3.37. The van der Waals surface area contributed by atoms with Gasteiger partial charge in [0.15, 0.2) is 5.82 Å². The molecule has 0 radical (unpaired) electrons. The summed E-state index contributed by atoms with van der Waals surface area (Å²) in [5.74, 6) is -0.884. The monoisotopic (exact) mass is 294 g/mol. The van der Waals surface area contributed by atoms with Gasteiger partial charge in [-0.1, -0.05) is 22.5 Å². The number of halogens is 2. The van der Waals surface area contributed by atoms with Crippen LogP contribution in [0.2, 0.25) is 0 Å². The average Bonchev–Trinajstić information content (AvgIpc) is 2.15. The molecule has 0 aliphatic rings. The molecule has 0 aliphatic carbocycles. The Hall–Kier alpha value is -0.790. The van der Waals surface area contributed by atoms with Crippen molar-refractivity contribution in [2.24, 2.45) is 0 Å². The van der Waals surface area contributed by atoms with E-state index in [0.29, 0.717) is 4.48 Å². The second-order valence-corrected chi connectivity index (χ2v) is 5.44. The molecule has 0 amide bonds. The topological polar surface area (TPSA) is 59.1 Å². The van der Waals surface area contributed by atoms with Gasteiger partial charge < -0.3 is 0 Å². The van der Waals surface area contributed by atoms with Crippen LogP contribution >= 0.6 is 15.9 Å². The normalized spacial score (nSPS) is 11.3. The molecule has 0 aliphatic heterocycles. The van der Waals surface area contributed by atoms with Gasteiger partial charge in [0, 0.05) is 17.2 Å². The molecule has 15 heavy (non-hydrogen) atoms. The van der Waals surface area contributed by atoms with E-state index in [0.717, 1.165) is 6.07 Å². The lowest BCUT2D eigenvalue weighted by molar-refractivity contribution is 0.547. The molecular formula is C8H8BrFN2O2S. The maximum absolute atomic E-state index is 13.1. The van der Waals surface area contributed by atoms with E-state index in [1.807, 2.05) is 0 Å². The molecular weight excluding hydrogens is 287 g/mol. The highest BCUT2D eigenvalue weighted by atomic mass is 79.9. The lowest BCUT2D eigenvalue weighted by atomic mass is 10.5. The Kier molecular flexibility index (Phi) is 3.95. The molecule has 1 heterocycles. The van der Waals surface area contributed by atoms with Gasteiger partial charge in [-0.2, -0.15) is 0 Å². The van der Waals surface area contributed by atoms with Gasteiger partial charge in [-0.25, -0.2) is 22.5 Å². The SMILES string of the molecule is C=C(Br)CNS(=O)(=O)c1ncccc1F. The summed E-state index contributed by atoms with van der Waals surface area (Å²) in [5, 5.41) is -0.612. The maximum atomic E-state index is 13.1. The molecule has 1 aromatic rings. The smallest absolute Gasteiger partial charge is 0.241 e. The largest absolute Gasteiger partial charge is 0.261 e. The first-order valence-corrected chi connectivity index (χ1v) is 6.14. The van der Waals surface area contributed by atoms with E-state index in [4.69, 9.17) is 0 Å². The van der Waals surface area contributed by atoms with E-state index in [1.165, 1.54) is 12.3 Å².